The zero-order valence-corrected chi connectivity index (χ0v) is 8.57. The number of hydrogen-bond acceptors (Lipinski definition) is 2. The fourth-order valence-corrected chi connectivity index (χ4v) is 0.877. The van der Waals surface area contributed by atoms with Crippen LogP contribution in [0.5, 0.6) is 0 Å². The van der Waals surface area contributed by atoms with Crippen molar-refractivity contribution in [1.29, 1.82) is 0 Å². The lowest BCUT2D eigenvalue weighted by atomic mass is 10.3. The van der Waals surface area contributed by atoms with E-state index in [1.54, 1.807) is 6.92 Å². The zero-order valence-electron chi connectivity index (χ0n) is 7.81. The SMILES string of the molecule is Cc1[nH]nc(NC(=O)C(C)Cl)c1C. The van der Waals surface area contributed by atoms with Crippen LogP contribution in [0.25, 0.3) is 0 Å². The number of H-pyrrole nitrogens is 1. The molecular weight excluding hydrogens is 190 g/mol. The summed E-state index contributed by atoms with van der Waals surface area (Å²) in [6.45, 7) is 5.39. The van der Waals surface area contributed by atoms with Gasteiger partial charge in [-0.05, 0) is 20.8 Å². The number of aromatic amines is 1. The monoisotopic (exact) mass is 201 g/mol. The number of carbonyl (C=O) groups is 1. The first kappa shape index (κ1) is 10.1. The smallest absolute Gasteiger partial charge is 0.243 e. The summed E-state index contributed by atoms with van der Waals surface area (Å²) in [4.78, 5) is 11.2. The standard InChI is InChI=1S/C8H12ClN3O/c1-4-6(3)11-12-7(4)10-8(13)5(2)9/h5H,1-3H3,(H2,10,11,12,13). The van der Waals surface area contributed by atoms with E-state index in [-0.39, 0.29) is 5.91 Å². The second-order valence-electron chi connectivity index (χ2n) is 2.93. The van der Waals surface area contributed by atoms with E-state index in [2.05, 4.69) is 15.5 Å². The molecule has 1 rings (SSSR count). The van der Waals surface area contributed by atoms with Gasteiger partial charge in [-0.25, -0.2) is 0 Å². The zero-order chi connectivity index (χ0) is 10.0. The fourth-order valence-electron chi connectivity index (χ4n) is 0.823. The highest BCUT2D eigenvalue weighted by Crippen LogP contribution is 2.14. The molecular formula is C8H12ClN3O. The minimum Gasteiger partial charge on any atom is -0.308 e. The van der Waals surface area contributed by atoms with Gasteiger partial charge in [-0.2, -0.15) is 5.10 Å². The molecule has 0 aliphatic rings. The van der Waals surface area contributed by atoms with Crippen LogP contribution in [0.4, 0.5) is 5.82 Å². The molecule has 0 radical (unpaired) electrons. The maximum Gasteiger partial charge on any atom is 0.243 e. The Bertz CT molecular complexity index is 319. The molecule has 0 fully saturated rings. The Hall–Kier alpha value is -1.03. The summed E-state index contributed by atoms with van der Waals surface area (Å²) < 4.78 is 0. The molecule has 1 aromatic rings. The van der Waals surface area contributed by atoms with Gasteiger partial charge in [-0.1, -0.05) is 0 Å². The van der Waals surface area contributed by atoms with Crippen LogP contribution < -0.4 is 5.32 Å². The van der Waals surface area contributed by atoms with E-state index in [1.807, 2.05) is 13.8 Å². The van der Waals surface area contributed by atoms with Gasteiger partial charge < -0.3 is 5.32 Å². The van der Waals surface area contributed by atoms with Gasteiger partial charge in [0.15, 0.2) is 5.82 Å². The van der Waals surface area contributed by atoms with E-state index < -0.39 is 5.38 Å². The Labute approximate surface area is 81.7 Å². The number of anilines is 1. The molecule has 2 N–H and O–H groups in total. The molecule has 1 atom stereocenters. The molecule has 0 aromatic carbocycles. The average Bonchev–Trinajstić information content (AvgIpc) is 2.36. The Morgan fingerprint density at radius 2 is 2.23 bits per heavy atom. The first-order chi connectivity index (χ1) is 6.02. The minimum atomic E-state index is -0.545. The molecule has 4 nitrogen and oxygen atoms in total. The second-order valence-corrected chi connectivity index (χ2v) is 3.58. The van der Waals surface area contributed by atoms with Crippen LogP contribution in [0.15, 0.2) is 0 Å². The number of rotatable bonds is 2. The lowest BCUT2D eigenvalue weighted by Crippen LogP contribution is -2.20. The summed E-state index contributed by atoms with van der Waals surface area (Å²) in [5, 5.41) is 8.77. The van der Waals surface area contributed by atoms with Gasteiger partial charge in [0.25, 0.3) is 0 Å². The molecule has 13 heavy (non-hydrogen) atoms. The summed E-state index contributed by atoms with van der Waals surface area (Å²) in [5.74, 6) is 0.311. The predicted octanol–water partition coefficient (Wildman–Crippen LogP) is 1.59. The van der Waals surface area contributed by atoms with Crippen molar-refractivity contribution >= 4 is 23.3 Å². The minimum absolute atomic E-state index is 0.240. The highest BCUT2D eigenvalue weighted by atomic mass is 35.5. The van der Waals surface area contributed by atoms with E-state index in [9.17, 15) is 4.79 Å². The molecule has 0 saturated carbocycles. The molecule has 0 spiro atoms. The summed E-state index contributed by atoms with van der Waals surface area (Å²) in [6, 6.07) is 0. The van der Waals surface area contributed by atoms with Crippen molar-refractivity contribution in [1.82, 2.24) is 10.2 Å². The number of hydrogen-bond donors (Lipinski definition) is 2. The largest absolute Gasteiger partial charge is 0.308 e. The van der Waals surface area contributed by atoms with Crippen molar-refractivity contribution in [3.8, 4) is 0 Å². The third-order valence-corrected chi connectivity index (χ3v) is 2.05. The lowest BCUT2D eigenvalue weighted by molar-refractivity contribution is -0.115. The number of aromatic nitrogens is 2. The van der Waals surface area contributed by atoms with Crippen molar-refractivity contribution < 1.29 is 4.79 Å². The lowest BCUT2D eigenvalue weighted by Gasteiger charge is -2.03. The Balaban J connectivity index is 2.75. The summed E-state index contributed by atoms with van der Waals surface area (Å²) in [5.41, 5.74) is 1.88. The van der Waals surface area contributed by atoms with E-state index in [0.29, 0.717) is 5.82 Å². The molecule has 0 aliphatic heterocycles. The number of alkyl halides is 1. The van der Waals surface area contributed by atoms with E-state index in [4.69, 9.17) is 11.6 Å². The molecule has 5 heteroatoms. The number of carbonyl (C=O) groups excluding carboxylic acids is 1. The molecule has 0 bridgehead atoms. The van der Waals surface area contributed by atoms with Gasteiger partial charge in [0.05, 0.1) is 0 Å². The summed E-state index contributed by atoms with van der Waals surface area (Å²) in [7, 11) is 0. The van der Waals surface area contributed by atoms with Gasteiger partial charge in [0.2, 0.25) is 5.91 Å². The molecule has 1 aromatic heterocycles. The van der Waals surface area contributed by atoms with Crippen molar-refractivity contribution in [3.05, 3.63) is 11.3 Å². The number of nitrogens with zero attached hydrogens (tertiary/aromatic N) is 1. The highest BCUT2D eigenvalue weighted by Gasteiger charge is 2.12. The first-order valence-electron chi connectivity index (χ1n) is 3.99. The van der Waals surface area contributed by atoms with Crippen molar-refractivity contribution in [3.63, 3.8) is 0 Å². The summed E-state index contributed by atoms with van der Waals surface area (Å²) >= 11 is 5.59. The van der Waals surface area contributed by atoms with Crippen LogP contribution in [0.2, 0.25) is 0 Å². The van der Waals surface area contributed by atoms with Crippen molar-refractivity contribution in [2.24, 2.45) is 0 Å². The van der Waals surface area contributed by atoms with E-state index in [0.717, 1.165) is 11.3 Å². The molecule has 1 amide bonds. The van der Waals surface area contributed by atoms with Crippen LogP contribution >= 0.6 is 11.6 Å². The van der Waals surface area contributed by atoms with Crippen LogP contribution in [-0.4, -0.2) is 21.5 Å². The van der Waals surface area contributed by atoms with Crippen LogP contribution in [-0.2, 0) is 4.79 Å². The van der Waals surface area contributed by atoms with Crippen LogP contribution in [0.3, 0.4) is 0 Å². The Morgan fingerprint density at radius 3 is 2.62 bits per heavy atom. The van der Waals surface area contributed by atoms with Crippen molar-refractivity contribution in [2.45, 2.75) is 26.1 Å². The normalized spacial score (nSPS) is 12.6. The second kappa shape index (κ2) is 3.79. The van der Waals surface area contributed by atoms with Crippen molar-refractivity contribution in [2.75, 3.05) is 5.32 Å². The van der Waals surface area contributed by atoms with Gasteiger partial charge >= 0.3 is 0 Å². The molecule has 72 valence electrons. The van der Waals surface area contributed by atoms with E-state index in [1.165, 1.54) is 0 Å². The first-order valence-corrected chi connectivity index (χ1v) is 4.42. The van der Waals surface area contributed by atoms with Gasteiger partial charge in [0, 0.05) is 11.3 Å². The molecule has 1 unspecified atom stereocenters. The Morgan fingerprint density at radius 1 is 1.62 bits per heavy atom. The average molecular weight is 202 g/mol. The number of halogens is 1. The Kier molecular flexibility index (Phi) is 2.93. The fraction of sp³-hybridized carbons (Fsp3) is 0.500. The third-order valence-electron chi connectivity index (χ3n) is 1.86. The topological polar surface area (TPSA) is 57.8 Å². The molecule has 0 saturated heterocycles. The van der Waals surface area contributed by atoms with Crippen LogP contribution in [0.1, 0.15) is 18.2 Å². The van der Waals surface area contributed by atoms with Crippen LogP contribution in [0, 0.1) is 13.8 Å². The van der Waals surface area contributed by atoms with Gasteiger partial charge in [-0.15, -0.1) is 11.6 Å². The number of nitrogens with one attached hydrogen (secondary N) is 2. The molecule has 0 aliphatic carbocycles. The highest BCUT2D eigenvalue weighted by molar-refractivity contribution is 6.32. The quantitative estimate of drug-likeness (QED) is 0.714. The molecule has 1 heterocycles. The van der Waals surface area contributed by atoms with E-state index >= 15 is 0 Å². The summed E-state index contributed by atoms with van der Waals surface area (Å²) in [6.07, 6.45) is 0. The number of aryl methyl sites for hydroxylation is 1. The predicted molar refractivity (Wildman–Crippen MR) is 52.0 cm³/mol. The third kappa shape index (κ3) is 2.21. The number of amides is 1. The van der Waals surface area contributed by atoms with Gasteiger partial charge in [-0.3, -0.25) is 9.89 Å². The van der Waals surface area contributed by atoms with Gasteiger partial charge in [0.1, 0.15) is 5.38 Å². The maximum atomic E-state index is 11.2. The maximum absolute atomic E-state index is 11.2.